The first-order valence-electron chi connectivity index (χ1n) is 4.01. The van der Waals surface area contributed by atoms with Crippen molar-refractivity contribution >= 4 is 27.4 Å². The van der Waals surface area contributed by atoms with Crippen molar-refractivity contribution in [1.29, 1.82) is 0 Å². The maximum absolute atomic E-state index is 11.2. The van der Waals surface area contributed by atoms with Crippen LogP contribution >= 0.6 is 15.9 Å². The lowest BCUT2D eigenvalue weighted by Gasteiger charge is -2.11. The molecule has 2 nitrogen and oxygen atoms in total. The number of alkyl halides is 1. The zero-order chi connectivity index (χ0) is 9.84. The molecule has 1 rings (SSSR count). The summed E-state index contributed by atoms with van der Waals surface area (Å²) in [4.78, 5) is 13.2. The topological polar surface area (TPSA) is 20.3 Å². The van der Waals surface area contributed by atoms with E-state index in [0.29, 0.717) is 5.33 Å². The normalized spacial score (nSPS) is 9.77. The quantitative estimate of drug-likeness (QED) is 0.598. The Morgan fingerprint density at radius 2 is 1.85 bits per heavy atom. The summed E-state index contributed by atoms with van der Waals surface area (Å²) in [7, 11) is 3.95. The van der Waals surface area contributed by atoms with Gasteiger partial charge in [-0.3, -0.25) is 4.79 Å². The first-order valence-corrected chi connectivity index (χ1v) is 5.14. The molecule has 70 valence electrons. The summed E-state index contributed by atoms with van der Waals surface area (Å²) in [5.74, 6) is 0.116. The lowest BCUT2D eigenvalue weighted by molar-refractivity contribution is 0.102. The minimum absolute atomic E-state index is 0.116. The van der Waals surface area contributed by atoms with Gasteiger partial charge in [-0.25, -0.2) is 0 Å². The van der Waals surface area contributed by atoms with Crippen molar-refractivity contribution in [2.75, 3.05) is 24.3 Å². The number of hydrogen-bond donors (Lipinski definition) is 0. The van der Waals surface area contributed by atoms with E-state index in [0.717, 1.165) is 11.3 Å². The molecule has 3 heteroatoms. The van der Waals surface area contributed by atoms with Crippen LogP contribution in [-0.2, 0) is 0 Å². The van der Waals surface area contributed by atoms with Crippen molar-refractivity contribution in [2.45, 2.75) is 0 Å². The highest BCUT2D eigenvalue weighted by atomic mass is 79.9. The average molecular weight is 242 g/mol. The van der Waals surface area contributed by atoms with Crippen LogP contribution < -0.4 is 4.90 Å². The summed E-state index contributed by atoms with van der Waals surface area (Å²) in [5.41, 5.74) is 1.86. The Labute approximate surface area is 86.7 Å². The van der Waals surface area contributed by atoms with Crippen LogP contribution in [-0.4, -0.2) is 25.2 Å². The van der Waals surface area contributed by atoms with E-state index in [1.807, 2.05) is 43.3 Å². The summed E-state index contributed by atoms with van der Waals surface area (Å²) < 4.78 is 0. The summed E-state index contributed by atoms with van der Waals surface area (Å²) in [6.45, 7) is 0. The van der Waals surface area contributed by atoms with E-state index in [4.69, 9.17) is 0 Å². The third-order valence-electron chi connectivity index (χ3n) is 1.83. The lowest BCUT2D eigenvalue weighted by atomic mass is 10.1. The molecule has 13 heavy (non-hydrogen) atoms. The van der Waals surface area contributed by atoms with E-state index in [2.05, 4.69) is 15.9 Å². The van der Waals surface area contributed by atoms with Crippen molar-refractivity contribution in [3.8, 4) is 0 Å². The molecule has 0 spiro atoms. The van der Waals surface area contributed by atoms with Crippen molar-refractivity contribution in [3.63, 3.8) is 0 Å². The highest BCUT2D eigenvalue weighted by Gasteiger charge is 2.03. The highest BCUT2D eigenvalue weighted by molar-refractivity contribution is 9.09. The number of hydrogen-bond acceptors (Lipinski definition) is 2. The number of rotatable bonds is 3. The number of halogens is 1. The molecule has 0 N–H and O–H groups in total. The smallest absolute Gasteiger partial charge is 0.173 e. The molecular weight excluding hydrogens is 230 g/mol. The zero-order valence-electron chi connectivity index (χ0n) is 7.75. The zero-order valence-corrected chi connectivity index (χ0v) is 9.34. The van der Waals surface area contributed by atoms with Gasteiger partial charge in [-0.05, 0) is 24.3 Å². The second-order valence-corrected chi connectivity index (χ2v) is 3.56. The van der Waals surface area contributed by atoms with E-state index in [9.17, 15) is 4.79 Å². The van der Waals surface area contributed by atoms with E-state index >= 15 is 0 Å². The Morgan fingerprint density at radius 1 is 1.31 bits per heavy atom. The summed E-state index contributed by atoms with van der Waals surface area (Å²) >= 11 is 3.14. The Bertz CT molecular complexity index is 292. The van der Waals surface area contributed by atoms with Gasteiger partial charge in [-0.15, -0.1) is 0 Å². The van der Waals surface area contributed by atoms with Gasteiger partial charge >= 0.3 is 0 Å². The van der Waals surface area contributed by atoms with Gasteiger partial charge in [0, 0.05) is 25.3 Å². The minimum atomic E-state index is 0.116. The van der Waals surface area contributed by atoms with E-state index in [1.165, 1.54) is 0 Å². The van der Waals surface area contributed by atoms with Gasteiger partial charge in [0.05, 0.1) is 5.33 Å². The predicted octanol–water partition coefficient (Wildman–Crippen LogP) is 2.33. The largest absolute Gasteiger partial charge is 0.378 e. The van der Waals surface area contributed by atoms with Gasteiger partial charge in [-0.1, -0.05) is 15.9 Å². The number of nitrogens with zero attached hydrogens (tertiary/aromatic N) is 1. The summed E-state index contributed by atoms with van der Waals surface area (Å²) in [6, 6.07) is 7.57. The molecular formula is C10H12BrNO. The van der Waals surface area contributed by atoms with E-state index in [-0.39, 0.29) is 5.78 Å². The van der Waals surface area contributed by atoms with Gasteiger partial charge in [0.2, 0.25) is 0 Å². The fourth-order valence-corrected chi connectivity index (χ4v) is 1.35. The fourth-order valence-electron chi connectivity index (χ4n) is 1.02. The van der Waals surface area contributed by atoms with Crippen molar-refractivity contribution < 1.29 is 4.79 Å². The van der Waals surface area contributed by atoms with Crippen LogP contribution in [0.5, 0.6) is 0 Å². The molecule has 1 aromatic carbocycles. The molecule has 0 aliphatic heterocycles. The SMILES string of the molecule is [12CH3]N([12CH3])c1ccc(C(=O)CBr)cc1. The Morgan fingerprint density at radius 3 is 2.23 bits per heavy atom. The van der Waals surface area contributed by atoms with Crippen molar-refractivity contribution in [2.24, 2.45) is 0 Å². The number of ketones is 1. The minimum Gasteiger partial charge on any atom is -0.378 e. The monoisotopic (exact) mass is 241 g/mol. The van der Waals surface area contributed by atoms with E-state index in [1.54, 1.807) is 0 Å². The molecule has 0 heterocycles. The predicted molar refractivity (Wildman–Crippen MR) is 58.9 cm³/mol. The molecule has 0 fully saturated rings. The molecule has 0 aliphatic rings. The number of Topliss-reactive ketones (excluding diaryl/α,β-unsaturated/α-hetero) is 1. The number of benzene rings is 1. The van der Waals surface area contributed by atoms with Gasteiger partial charge in [0.15, 0.2) is 5.78 Å². The fraction of sp³-hybridized carbons (Fsp3) is 0.300. The summed E-state index contributed by atoms with van der Waals surface area (Å²) in [5, 5.41) is 0.383. The molecule has 0 saturated carbocycles. The standard InChI is InChI=1S/C10H12BrNO/c1-12(2)9-5-3-8(4-6-9)10(13)7-11/h3-6H,7H2,1-2H3/i1+0,2+0. The lowest BCUT2D eigenvalue weighted by Crippen LogP contribution is -2.09. The number of carbonyl (C=O) groups excluding carboxylic acids is 1. The van der Waals surface area contributed by atoms with Crippen LogP contribution in [0.15, 0.2) is 24.3 Å². The van der Waals surface area contributed by atoms with Crippen LogP contribution in [0.4, 0.5) is 5.69 Å². The molecule has 1 aromatic rings. The number of carbonyl (C=O) groups is 1. The molecule has 0 amide bonds. The van der Waals surface area contributed by atoms with Crippen LogP contribution in [0.2, 0.25) is 0 Å². The second-order valence-electron chi connectivity index (χ2n) is 3.00. The first-order chi connectivity index (χ1) is 6.15. The highest BCUT2D eigenvalue weighted by Crippen LogP contribution is 2.12. The van der Waals surface area contributed by atoms with Crippen LogP contribution in [0.25, 0.3) is 0 Å². The van der Waals surface area contributed by atoms with E-state index < -0.39 is 0 Å². The third kappa shape index (κ3) is 2.56. The van der Waals surface area contributed by atoms with Gasteiger partial charge in [0.1, 0.15) is 0 Å². The molecule has 0 aromatic heterocycles. The van der Waals surface area contributed by atoms with Crippen molar-refractivity contribution in [3.05, 3.63) is 29.8 Å². The molecule has 0 radical (unpaired) electrons. The average Bonchev–Trinajstić information content (AvgIpc) is 2.17. The first kappa shape index (κ1) is 10.3. The van der Waals surface area contributed by atoms with Crippen LogP contribution in [0, 0.1) is 0 Å². The second kappa shape index (κ2) is 4.42. The van der Waals surface area contributed by atoms with Gasteiger partial charge < -0.3 is 4.90 Å². The third-order valence-corrected chi connectivity index (χ3v) is 2.34. The Kier molecular flexibility index (Phi) is 3.48. The van der Waals surface area contributed by atoms with Crippen molar-refractivity contribution in [1.82, 2.24) is 0 Å². The maximum atomic E-state index is 11.2. The maximum Gasteiger partial charge on any atom is 0.173 e. The molecule has 0 atom stereocenters. The van der Waals surface area contributed by atoms with Gasteiger partial charge in [0.25, 0.3) is 0 Å². The van der Waals surface area contributed by atoms with Crippen LogP contribution in [0.1, 0.15) is 10.4 Å². The molecule has 0 unspecified atom stereocenters. The Hall–Kier alpha value is -0.830. The molecule has 0 aliphatic carbocycles. The molecule has 0 saturated heterocycles. The van der Waals surface area contributed by atoms with Gasteiger partial charge in [-0.2, -0.15) is 0 Å². The van der Waals surface area contributed by atoms with Crippen LogP contribution in [0.3, 0.4) is 0 Å². The summed E-state index contributed by atoms with van der Waals surface area (Å²) in [6.07, 6.45) is 0. The number of anilines is 1. The molecule has 0 bridgehead atoms. The Balaban J connectivity index is 2.87.